The van der Waals surface area contributed by atoms with Crippen molar-refractivity contribution in [1.82, 2.24) is 4.98 Å². The molecule has 0 amide bonds. The molecule has 3 aromatic rings. The summed E-state index contributed by atoms with van der Waals surface area (Å²) < 4.78 is 10.8. The highest BCUT2D eigenvalue weighted by atomic mass is 16.5. The van der Waals surface area contributed by atoms with E-state index < -0.39 is 0 Å². The maximum absolute atomic E-state index is 5.72. The van der Waals surface area contributed by atoms with Gasteiger partial charge in [0.1, 0.15) is 18.1 Å². The lowest BCUT2D eigenvalue weighted by Gasteiger charge is -2.07. The fourth-order valence-electron chi connectivity index (χ4n) is 2.02. The molecule has 2 aromatic carbocycles. The van der Waals surface area contributed by atoms with Crippen molar-refractivity contribution >= 4 is 10.9 Å². The van der Waals surface area contributed by atoms with E-state index in [-0.39, 0.29) is 0 Å². The minimum atomic E-state index is 0.456. The summed E-state index contributed by atoms with van der Waals surface area (Å²) in [7, 11) is 1.65. The molecule has 0 aliphatic carbocycles. The van der Waals surface area contributed by atoms with Crippen LogP contribution in [0.2, 0.25) is 0 Å². The molecule has 0 saturated carbocycles. The number of methoxy groups -OCH3 is 1. The summed E-state index contributed by atoms with van der Waals surface area (Å²) in [6.07, 6.45) is 0. The summed E-state index contributed by atoms with van der Waals surface area (Å²) in [4.78, 5) is 4.57. The predicted molar refractivity (Wildman–Crippen MR) is 79.1 cm³/mol. The predicted octanol–water partition coefficient (Wildman–Crippen LogP) is 3.82. The van der Waals surface area contributed by atoms with Crippen molar-refractivity contribution in [1.29, 1.82) is 0 Å². The zero-order valence-corrected chi connectivity index (χ0v) is 11.2. The fraction of sp³-hybridized carbons (Fsp3) is 0.118. The number of ether oxygens (including phenoxy) is 2. The van der Waals surface area contributed by atoms with E-state index in [4.69, 9.17) is 9.47 Å². The van der Waals surface area contributed by atoms with Crippen LogP contribution in [0.5, 0.6) is 11.5 Å². The lowest BCUT2D eigenvalue weighted by Crippen LogP contribution is -1.98. The summed E-state index contributed by atoms with van der Waals surface area (Å²) in [5, 5.41) is 1.14. The van der Waals surface area contributed by atoms with Crippen molar-refractivity contribution in [3.05, 3.63) is 66.4 Å². The van der Waals surface area contributed by atoms with Crippen LogP contribution < -0.4 is 9.47 Å². The van der Waals surface area contributed by atoms with Gasteiger partial charge in [-0.1, -0.05) is 24.3 Å². The molecule has 0 unspecified atom stereocenters. The Morgan fingerprint density at radius 3 is 2.40 bits per heavy atom. The Morgan fingerprint density at radius 1 is 0.850 bits per heavy atom. The van der Waals surface area contributed by atoms with Gasteiger partial charge in [0, 0.05) is 5.39 Å². The molecule has 0 N–H and O–H groups in total. The molecule has 3 rings (SSSR count). The normalized spacial score (nSPS) is 10.4. The van der Waals surface area contributed by atoms with Crippen molar-refractivity contribution in [2.75, 3.05) is 7.11 Å². The van der Waals surface area contributed by atoms with Crippen LogP contribution in [0.1, 0.15) is 5.69 Å². The summed E-state index contributed by atoms with van der Waals surface area (Å²) in [5.41, 5.74) is 1.91. The van der Waals surface area contributed by atoms with Crippen LogP contribution in [0.15, 0.2) is 60.7 Å². The van der Waals surface area contributed by atoms with Gasteiger partial charge in [-0.15, -0.1) is 0 Å². The Hall–Kier alpha value is -2.55. The number of aromatic nitrogens is 1. The van der Waals surface area contributed by atoms with Gasteiger partial charge < -0.3 is 9.47 Å². The van der Waals surface area contributed by atoms with Crippen molar-refractivity contribution in [2.45, 2.75) is 6.61 Å². The number of fused-ring (bicyclic) bond motifs is 1. The lowest BCUT2D eigenvalue weighted by molar-refractivity contribution is 0.301. The Balaban J connectivity index is 1.72. The Labute approximate surface area is 117 Å². The van der Waals surface area contributed by atoms with Crippen LogP contribution in [0.25, 0.3) is 10.9 Å². The lowest BCUT2D eigenvalue weighted by atomic mass is 10.2. The highest BCUT2D eigenvalue weighted by molar-refractivity contribution is 5.78. The Bertz CT molecular complexity index is 708. The fourth-order valence-corrected chi connectivity index (χ4v) is 2.02. The maximum atomic E-state index is 5.72. The number of pyridine rings is 1. The highest BCUT2D eigenvalue weighted by Crippen LogP contribution is 2.18. The van der Waals surface area contributed by atoms with E-state index in [1.165, 1.54) is 0 Å². The largest absolute Gasteiger partial charge is 0.497 e. The van der Waals surface area contributed by atoms with Crippen LogP contribution in [0.4, 0.5) is 0 Å². The number of nitrogens with zero attached hydrogens (tertiary/aromatic N) is 1. The highest BCUT2D eigenvalue weighted by Gasteiger charge is 2.00. The first-order valence-electron chi connectivity index (χ1n) is 6.47. The van der Waals surface area contributed by atoms with Crippen molar-refractivity contribution in [3.63, 3.8) is 0 Å². The average molecular weight is 265 g/mol. The quantitative estimate of drug-likeness (QED) is 0.718. The molecule has 0 saturated heterocycles. The first-order chi connectivity index (χ1) is 9.85. The van der Waals surface area contributed by atoms with E-state index in [1.807, 2.05) is 48.5 Å². The van der Waals surface area contributed by atoms with Crippen molar-refractivity contribution in [2.24, 2.45) is 0 Å². The molecule has 0 bridgehead atoms. The van der Waals surface area contributed by atoms with Crippen LogP contribution in [0, 0.1) is 0 Å². The molecule has 0 aliphatic rings. The van der Waals surface area contributed by atoms with Gasteiger partial charge >= 0.3 is 0 Å². The van der Waals surface area contributed by atoms with Crippen LogP contribution >= 0.6 is 0 Å². The second-order valence-corrected chi connectivity index (χ2v) is 4.46. The summed E-state index contributed by atoms with van der Waals surface area (Å²) in [6, 6.07) is 19.6. The third-order valence-electron chi connectivity index (χ3n) is 3.10. The zero-order chi connectivity index (χ0) is 13.8. The van der Waals surface area contributed by atoms with Gasteiger partial charge in [-0.3, -0.25) is 0 Å². The van der Waals surface area contributed by atoms with Crippen LogP contribution in [-0.4, -0.2) is 12.1 Å². The van der Waals surface area contributed by atoms with Gasteiger partial charge in [0.2, 0.25) is 0 Å². The van der Waals surface area contributed by atoms with Crippen molar-refractivity contribution in [3.8, 4) is 11.5 Å². The SMILES string of the molecule is COc1ccc(OCc2ccc3ccccc3n2)cc1. The molecule has 0 radical (unpaired) electrons. The van der Waals surface area contributed by atoms with Crippen molar-refractivity contribution < 1.29 is 9.47 Å². The molecule has 20 heavy (non-hydrogen) atoms. The maximum Gasteiger partial charge on any atom is 0.130 e. The molecule has 3 heteroatoms. The standard InChI is InChI=1S/C17H15NO2/c1-19-15-8-10-16(11-9-15)20-12-14-7-6-13-4-2-3-5-17(13)18-14/h2-11H,12H2,1H3. The molecule has 100 valence electrons. The van der Waals surface area contributed by atoms with Gasteiger partial charge in [-0.25, -0.2) is 4.98 Å². The summed E-state index contributed by atoms with van der Waals surface area (Å²) in [6.45, 7) is 0.456. The van der Waals surface area contributed by atoms with Gasteiger partial charge in [-0.2, -0.15) is 0 Å². The molecule has 0 aliphatic heterocycles. The first kappa shape index (κ1) is 12.5. The Morgan fingerprint density at radius 2 is 1.60 bits per heavy atom. The number of benzene rings is 2. The van der Waals surface area contributed by atoms with Gasteiger partial charge in [0.15, 0.2) is 0 Å². The van der Waals surface area contributed by atoms with E-state index in [0.29, 0.717) is 6.61 Å². The second-order valence-electron chi connectivity index (χ2n) is 4.46. The monoisotopic (exact) mass is 265 g/mol. The summed E-state index contributed by atoms with van der Waals surface area (Å²) >= 11 is 0. The number of para-hydroxylation sites is 1. The van der Waals surface area contributed by atoms with Gasteiger partial charge in [0.25, 0.3) is 0 Å². The molecule has 0 spiro atoms. The third-order valence-corrected chi connectivity index (χ3v) is 3.10. The topological polar surface area (TPSA) is 31.4 Å². The third kappa shape index (κ3) is 2.72. The molecule has 3 nitrogen and oxygen atoms in total. The molecular weight excluding hydrogens is 250 g/mol. The van der Waals surface area contributed by atoms with Gasteiger partial charge in [0.05, 0.1) is 18.3 Å². The average Bonchev–Trinajstić information content (AvgIpc) is 2.53. The molecule has 0 fully saturated rings. The first-order valence-corrected chi connectivity index (χ1v) is 6.47. The Kier molecular flexibility index (Phi) is 3.50. The van der Waals surface area contributed by atoms with Gasteiger partial charge in [-0.05, 0) is 36.4 Å². The summed E-state index contributed by atoms with van der Waals surface area (Å²) in [5.74, 6) is 1.63. The van der Waals surface area contributed by atoms with E-state index in [9.17, 15) is 0 Å². The van der Waals surface area contributed by atoms with E-state index >= 15 is 0 Å². The molecular formula is C17H15NO2. The van der Waals surface area contributed by atoms with E-state index in [2.05, 4.69) is 17.1 Å². The molecule has 0 atom stereocenters. The van der Waals surface area contributed by atoms with E-state index in [1.54, 1.807) is 7.11 Å². The number of rotatable bonds is 4. The number of hydrogen-bond donors (Lipinski definition) is 0. The number of hydrogen-bond acceptors (Lipinski definition) is 3. The minimum absolute atomic E-state index is 0.456. The smallest absolute Gasteiger partial charge is 0.130 e. The van der Waals surface area contributed by atoms with E-state index in [0.717, 1.165) is 28.1 Å². The zero-order valence-electron chi connectivity index (χ0n) is 11.2. The van der Waals surface area contributed by atoms with Crippen LogP contribution in [0.3, 0.4) is 0 Å². The minimum Gasteiger partial charge on any atom is -0.497 e. The second kappa shape index (κ2) is 5.61. The van der Waals surface area contributed by atoms with Crippen LogP contribution in [-0.2, 0) is 6.61 Å². The molecule has 1 aromatic heterocycles. The molecule has 1 heterocycles.